The predicted octanol–water partition coefficient (Wildman–Crippen LogP) is 3.53. The molecule has 12 heteroatoms. The number of nitrogens with one attached hydrogen (secondary N) is 3. The average molecular weight is 557 g/mol. The zero-order valence-corrected chi connectivity index (χ0v) is 23.0. The van der Waals surface area contributed by atoms with Crippen molar-refractivity contribution in [3.8, 4) is 11.3 Å². The smallest absolute Gasteiger partial charge is 0.248 e. The van der Waals surface area contributed by atoms with E-state index in [0.29, 0.717) is 52.8 Å². The van der Waals surface area contributed by atoms with Gasteiger partial charge in [0.1, 0.15) is 18.3 Å². The number of likely N-dealkylation sites (N-methyl/N-ethyl adjacent to an activating group) is 1. The monoisotopic (exact) mass is 556 g/mol. The summed E-state index contributed by atoms with van der Waals surface area (Å²) in [6.07, 6.45) is 6.64. The molecule has 0 unspecified atom stereocenters. The first kappa shape index (κ1) is 27.9. The maximum Gasteiger partial charge on any atom is 0.248 e. The van der Waals surface area contributed by atoms with Crippen LogP contribution >= 0.6 is 0 Å². The van der Waals surface area contributed by atoms with Crippen LogP contribution in [0.1, 0.15) is 0 Å². The number of rotatable bonds is 11. The van der Waals surface area contributed by atoms with Gasteiger partial charge >= 0.3 is 0 Å². The fourth-order valence-corrected chi connectivity index (χ4v) is 4.50. The molecule has 0 atom stereocenters. The molecule has 0 aliphatic carbocycles. The second kappa shape index (κ2) is 12.7. The van der Waals surface area contributed by atoms with Gasteiger partial charge in [-0.15, -0.1) is 0 Å². The standard InChI is InChI=1S/C29H33FN10O/c1-39(2)13-4-7-26(41)35-19-10-12-32-24(15-19)22-5-3-6-23-27(22)37-29(38-28(23)31)36-20-8-9-25(33-16-20)34-21-17-40(18-21)14-11-30/h3-10,12,15-16,21H,11,13-14,17-18H2,1-2H3,(H,33,34)(H,32,35,41)(H3,31,36,37,38)/b7-4+. The van der Waals surface area contributed by atoms with Crippen molar-refractivity contribution >= 4 is 45.8 Å². The molecule has 1 aliphatic heterocycles. The summed E-state index contributed by atoms with van der Waals surface area (Å²) in [5.74, 6) is 1.17. The molecule has 5 rings (SSSR count). The third kappa shape index (κ3) is 7.10. The first-order valence-corrected chi connectivity index (χ1v) is 13.3. The summed E-state index contributed by atoms with van der Waals surface area (Å²) in [7, 11) is 3.87. The Hall–Kier alpha value is -4.68. The molecule has 4 aromatic rings. The lowest BCUT2D eigenvalue weighted by Gasteiger charge is -2.39. The van der Waals surface area contributed by atoms with Gasteiger partial charge in [0.05, 0.1) is 29.1 Å². The molecule has 0 radical (unpaired) electrons. The normalized spacial score (nSPS) is 14.0. The molecular weight excluding hydrogens is 523 g/mol. The summed E-state index contributed by atoms with van der Waals surface area (Å²) in [5, 5.41) is 10.1. The molecule has 1 aliphatic rings. The van der Waals surface area contributed by atoms with Crippen molar-refractivity contribution in [3.63, 3.8) is 0 Å². The van der Waals surface area contributed by atoms with Crippen LogP contribution in [0.25, 0.3) is 22.2 Å². The third-order valence-corrected chi connectivity index (χ3v) is 6.53. The number of halogens is 1. The van der Waals surface area contributed by atoms with Crippen molar-refractivity contribution in [2.75, 3.05) is 68.6 Å². The van der Waals surface area contributed by atoms with Gasteiger partial charge in [0.15, 0.2) is 0 Å². The molecule has 0 spiro atoms. The summed E-state index contributed by atoms with van der Waals surface area (Å²) >= 11 is 0. The fourth-order valence-electron chi connectivity index (χ4n) is 4.50. The van der Waals surface area contributed by atoms with Gasteiger partial charge < -0.3 is 26.6 Å². The molecule has 11 nitrogen and oxygen atoms in total. The topological polar surface area (TPSA) is 137 Å². The third-order valence-electron chi connectivity index (χ3n) is 6.53. The Morgan fingerprint density at radius 1 is 1.15 bits per heavy atom. The summed E-state index contributed by atoms with van der Waals surface area (Å²) in [6, 6.07) is 13.2. The highest BCUT2D eigenvalue weighted by molar-refractivity contribution is 6.01. The number of fused-ring (bicyclic) bond motifs is 1. The number of alkyl halides is 1. The van der Waals surface area contributed by atoms with Crippen molar-refractivity contribution < 1.29 is 9.18 Å². The number of aromatic nitrogens is 4. The molecule has 1 saturated heterocycles. The maximum atomic E-state index is 12.5. The van der Waals surface area contributed by atoms with E-state index in [0.717, 1.165) is 24.5 Å². The Kier molecular flexibility index (Phi) is 8.61. The van der Waals surface area contributed by atoms with E-state index in [1.54, 1.807) is 30.6 Å². The number of anilines is 5. The number of hydrogen-bond acceptors (Lipinski definition) is 10. The number of likely N-dealkylation sites (tertiary alicyclic amines) is 1. The predicted molar refractivity (Wildman–Crippen MR) is 161 cm³/mol. The zero-order valence-electron chi connectivity index (χ0n) is 23.0. The van der Waals surface area contributed by atoms with Crippen molar-refractivity contribution in [3.05, 3.63) is 67.0 Å². The van der Waals surface area contributed by atoms with Gasteiger partial charge in [-0.25, -0.2) is 14.4 Å². The van der Waals surface area contributed by atoms with Gasteiger partial charge in [0.2, 0.25) is 11.9 Å². The Balaban J connectivity index is 1.32. The molecule has 4 heterocycles. The lowest BCUT2D eigenvalue weighted by molar-refractivity contribution is -0.111. The lowest BCUT2D eigenvalue weighted by Crippen LogP contribution is -2.55. The molecule has 1 amide bonds. The Morgan fingerprint density at radius 3 is 2.76 bits per heavy atom. The highest BCUT2D eigenvalue weighted by Gasteiger charge is 2.26. The maximum absolute atomic E-state index is 12.5. The van der Waals surface area contributed by atoms with Crippen LogP contribution in [0.4, 0.5) is 33.3 Å². The molecule has 3 aromatic heterocycles. The number of nitrogens with zero attached hydrogens (tertiary/aromatic N) is 6. The van der Waals surface area contributed by atoms with Crippen LogP contribution in [-0.4, -0.2) is 88.6 Å². The first-order chi connectivity index (χ1) is 19.9. The fraction of sp³-hybridized carbons (Fsp3) is 0.276. The van der Waals surface area contributed by atoms with E-state index in [2.05, 4.69) is 35.8 Å². The lowest BCUT2D eigenvalue weighted by atomic mass is 10.1. The van der Waals surface area contributed by atoms with Crippen LogP contribution in [-0.2, 0) is 4.79 Å². The van der Waals surface area contributed by atoms with Crippen LogP contribution in [0, 0.1) is 0 Å². The molecule has 0 saturated carbocycles. The summed E-state index contributed by atoms with van der Waals surface area (Å²) in [5.41, 5.74) is 9.64. The van der Waals surface area contributed by atoms with Crippen LogP contribution in [0.15, 0.2) is 67.0 Å². The largest absolute Gasteiger partial charge is 0.383 e. The quantitative estimate of drug-likeness (QED) is 0.203. The highest BCUT2D eigenvalue weighted by Crippen LogP contribution is 2.31. The molecule has 1 aromatic carbocycles. The van der Waals surface area contributed by atoms with Gasteiger partial charge in [-0.05, 0) is 44.4 Å². The zero-order chi connectivity index (χ0) is 28.8. The van der Waals surface area contributed by atoms with Gasteiger partial charge in [0.25, 0.3) is 0 Å². The van der Waals surface area contributed by atoms with Gasteiger partial charge in [-0.3, -0.25) is 14.7 Å². The minimum Gasteiger partial charge on any atom is -0.383 e. The Labute approximate surface area is 237 Å². The number of hydrogen-bond donors (Lipinski definition) is 4. The Bertz CT molecular complexity index is 1540. The molecular formula is C29H33FN10O. The second-order valence-electron chi connectivity index (χ2n) is 10.1. The first-order valence-electron chi connectivity index (χ1n) is 13.3. The van der Waals surface area contributed by atoms with Gasteiger partial charge in [-0.1, -0.05) is 18.2 Å². The van der Waals surface area contributed by atoms with Crippen molar-refractivity contribution in [1.29, 1.82) is 0 Å². The summed E-state index contributed by atoms with van der Waals surface area (Å²) in [6.45, 7) is 2.41. The molecule has 41 heavy (non-hydrogen) atoms. The highest BCUT2D eigenvalue weighted by atomic mass is 19.1. The minimum atomic E-state index is -0.329. The number of amides is 1. The van der Waals surface area contributed by atoms with E-state index in [1.165, 1.54) is 6.08 Å². The number of carbonyl (C=O) groups is 1. The summed E-state index contributed by atoms with van der Waals surface area (Å²) in [4.78, 5) is 34.5. The number of carbonyl (C=O) groups excluding carboxylic acids is 1. The van der Waals surface area contributed by atoms with E-state index >= 15 is 0 Å². The van der Waals surface area contributed by atoms with Gasteiger partial charge in [0, 0.05) is 55.1 Å². The number of nitrogens with two attached hydrogens (primary N) is 1. The average Bonchev–Trinajstić information content (AvgIpc) is 2.92. The number of pyridine rings is 2. The van der Waals surface area contributed by atoms with Gasteiger partial charge in [-0.2, -0.15) is 4.98 Å². The molecule has 0 bridgehead atoms. The van der Waals surface area contributed by atoms with E-state index in [-0.39, 0.29) is 18.6 Å². The number of benzene rings is 1. The summed E-state index contributed by atoms with van der Waals surface area (Å²) < 4.78 is 12.5. The minimum absolute atomic E-state index is 0.221. The van der Waals surface area contributed by atoms with Crippen LogP contribution < -0.4 is 21.7 Å². The molecule has 5 N–H and O–H groups in total. The van der Waals surface area contributed by atoms with E-state index in [9.17, 15) is 9.18 Å². The van der Waals surface area contributed by atoms with Crippen molar-refractivity contribution in [1.82, 2.24) is 29.7 Å². The number of nitrogen functional groups attached to an aromatic ring is 1. The second-order valence-corrected chi connectivity index (χ2v) is 10.1. The SMILES string of the molecule is CN(C)C/C=C/C(=O)Nc1ccnc(-c2cccc3c(N)nc(Nc4ccc(NC5CN(CCF)C5)nc4)nc23)c1. The van der Waals surface area contributed by atoms with Crippen molar-refractivity contribution in [2.45, 2.75) is 6.04 Å². The van der Waals surface area contributed by atoms with E-state index in [1.807, 2.05) is 49.3 Å². The van der Waals surface area contributed by atoms with Crippen LogP contribution in [0.5, 0.6) is 0 Å². The van der Waals surface area contributed by atoms with Crippen LogP contribution in [0.2, 0.25) is 0 Å². The van der Waals surface area contributed by atoms with Crippen LogP contribution in [0.3, 0.4) is 0 Å². The van der Waals surface area contributed by atoms with E-state index in [4.69, 9.17) is 10.7 Å². The molecule has 212 valence electrons. The molecule has 1 fully saturated rings. The number of para-hydroxylation sites is 1. The van der Waals surface area contributed by atoms with Crippen molar-refractivity contribution in [2.24, 2.45) is 0 Å². The Morgan fingerprint density at radius 2 is 2.00 bits per heavy atom. The van der Waals surface area contributed by atoms with E-state index < -0.39 is 0 Å².